The zero-order chi connectivity index (χ0) is 13.7. The van der Waals surface area contributed by atoms with Crippen LogP contribution in [0.25, 0.3) is 0 Å². The molecule has 0 heterocycles. The van der Waals surface area contributed by atoms with E-state index in [-0.39, 0.29) is 18.6 Å². The zero-order valence-electron chi connectivity index (χ0n) is 11.9. The number of phosphoric acid groups is 1. The third kappa shape index (κ3) is 12.3. The van der Waals surface area contributed by atoms with Gasteiger partial charge in [0.1, 0.15) is 13.2 Å². The number of quaternary nitrogens is 1. The minimum Gasteiger partial charge on any atom is -0.756 e. The second-order valence-electron chi connectivity index (χ2n) is 6.44. The minimum absolute atomic E-state index is 0.0578. The molecule has 1 atom stereocenters. The molecule has 0 fully saturated rings. The van der Waals surface area contributed by atoms with Crippen LogP contribution in [0.2, 0.25) is 0 Å². The van der Waals surface area contributed by atoms with Crippen molar-refractivity contribution in [3.63, 3.8) is 0 Å². The molecule has 0 saturated carbocycles. The Labute approximate surface area is 105 Å². The van der Waals surface area contributed by atoms with Gasteiger partial charge in [-0.1, -0.05) is 20.8 Å². The summed E-state index contributed by atoms with van der Waals surface area (Å²) in [5, 5.41) is 0. The monoisotopic (exact) mass is 267 g/mol. The number of nitrogens with zero attached hydrogens (tertiary/aromatic N) is 1. The number of hydrogen-bond donors (Lipinski definition) is 0. The summed E-state index contributed by atoms with van der Waals surface area (Å²) < 4.78 is 21.6. The number of rotatable bonds is 7. The minimum atomic E-state index is -4.12. The Bertz CT molecular complexity index is 244. The molecular formula is C11H26NO4P. The molecule has 17 heavy (non-hydrogen) atoms. The summed E-state index contributed by atoms with van der Waals surface area (Å²) in [6.45, 7) is 7.04. The van der Waals surface area contributed by atoms with Gasteiger partial charge in [0.25, 0.3) is 7.82 Å². The highest BCUT2D eigenvalue weighted by atomic mass is 31.2. The van der Waals surface area contributed by atoms with Crippen molar-refractivity contribution < 1.29 is 23.0 Å². The van der Waals surface area contributed by atoms with E-state index in [1.54, 1.807) is 0 Å². The van der Waals surface area contributed by atoms with Gasteiger partial charge in [0.05, 0.1) is 27.7 Å². The first kappa shape index (κ1) is 17.1. The molecule has 0 aromatic carbocycles. The fourth-order valence-corrected chi connectivity index (χ4v) is 1.62. The van der Waals surface area contributed by atoms with Crippen LogP contribution in [0.4, 0.5) is 0 Å². The largest absolute Gasteiger partial charge is 0.756 e. The van der Waals surface area contributed by atoms with Crippen molar-refractivity contribution in [3.05, 3.63) is 0 Å². The average molecular weight is 267 g/mol. The standard InChI is InChI=1S/C11H26NO4P/c1-11(2,3)7-9-15-17(13,14)16-10-8-12(4,5)6/h7-10H2,1-6H3. The van der Waals surface area contributed by atoms with E-state index < -0.39 is 7.82 Å². The van der Waals surface area contributed by atoms with Gasteiger partial charge in [0, 0.05) is 0 Å². The van der Waals surface area contributed by atoms with Crippen LogP contribution in [0, 0.1) is 5.41 Å². The molecule has 0 saturated heterocycles. The van der Waals surface area contributed by atoms with Gasteiger partial charge in [-0.05, 0) is 11.8 Å². The van der Waals surface area contributed by atoms with Crippen LogP contribution in [0.15, 0.2) is 0 Å². The maximum Gasteiger partial charge on any atom is 0.268 e. The molecule has 0 aliphatic carbocycles. The number of hydrogen-bond acceptors (Lipinski definition) is 4. The van der Waals surface area contributed by atoms with Crippen molar-refractivity contribution in [2.75, 3.05) is 40.9 Å². The number of phosphoric ester groups is 1. The summed E-state index contributed by atoms with van der Waals surface area (Å²) in [6, 6.07) is 0. The van der Waals surface area contributed by atoms with E-state index in [1.165, 1.54) is 0 Å². The lowest BCUT2D eigenvalue weighted by molar-refractivity contribution is -0.870. The van der Waals surface area contributed by atoms with Gasteiger partial charge in [-0.3, -0.25) is 4.57 Å². The van der Waals surface area contributed by atoms with E-state index in [0.717, 1.165) is 0 Å². The molecule has 0 rings (SSSR count). The molecule has 0 aliphatic rings. The fraction of sp³-hybridized carbons (Fsp3) is 1.00. The maximum absolute atomic E-state index is 11.4. The molecule has 5 nitrogen and oxygen atoms in total. The quantitative estimate of drug-likeness (QED) is 0.519. The molecule has 104 valence electrons. The van der Waals surface area contributed by atoms with E-state index in [9.17, 15) is 9.46 Å². The molecule has 0 N–H and O–H groups in total. The van der Waals surface area contributed by atoms with Crippen LogP contribution in [0.5, 0.6) is 0 Å². The van der Waals surface area contributed by atoms with Gasteiger partial charge >= 0.3 is 0 Å². The SMILES string of the molecule is CC(C)(C)CCOP(=O)([O-])OCC[N+](C)(C)C. The highest BCUT2D eigenvalue weighted by Crippen LogP contribution is 2.39. The van der Waals surface area contributed by atoms with Gasteiger partial charge in [0.15, 0.2) is 0 Å². The van der Waals surface area contributed by atoms with Crippen molar-refractivity contribution >= 4 is 7.82 Å². The molecule has 0 aromatic heterocycles. The smallest absolute Gasteiger partial charge is 0.268 e. The molecule has 0 aromatic rings. The van der Waals surface area contributed by atoms with Crippen molar-refractivity contribution in [1.82, 2.24) is 0 Å². The molecule has 0 radical (unpaired) electrons. The van der Waals surface area contributed by atoms with Crippen LogP contribution in [0.1, 0.15) is 27.2 Å². The Morgan fingerprint density at radius 1 is 1.12 bits per heavy atom. The summed E-state index contributed by atoms with van der Waals surface area (Å²) in [4.78, 5) is 11.4. The summed E-state index contributed by atoms with van der Waals surface area (Å²) in [5.41, 5.74) is 0.0578. The van der Waals surface area contributed by atoms with Crippen LogP contribution >= 0.6 is 7.82 Å². The Morgan fingerprint density at radius 3 is 2.00 bits per heavy atom. The lowest BCUT2D eigenvalue weighted by Gasteiger charge is -2.28. The summed E-state index contributed by atoms with van der Waals surface area (Å²) in [6.07, 6.45) is 0.678. The van der Waals surface area contributed by atoms with Crippen LogP contribution in [0.3, 0.4) is 0 Å². The van der Waals surface area contributed by atoms with Crippen molar-refractivity contribution in [2.45, 2.75) is 27.2 Å². The second kappa shape index (κ2) is 6.30. The topological polar surface area (TPSA) is 58.6 Å². The van der Waals surface area contributed by atoms with E-state index in [2.05, 4.69) is 0 Å². The molecule has 1 unspecified atom stereocenters. The van der Waals surface area contributed by atoms with E-state index in [1.807, 2.05) is 41.9 Å². The Balaban J connectivity index is 3.85. The Hall–Kier alpha value is 0.0700. The van der Waals surface area contributed by atoms with Crippen molar-refractivity contribution in [1.29, 1.82) is 0 Å². The van der Waals surface area contributed by atoms with Crippen molar-refractivity contribution in [2.24, 2.45) is 5.41 Å². The summed E-state index contributed by atoms with van der Waals surface area (Å²) in [7, 11) is 1.79. The van der Waals surface area contributed by atoms with Crippen LogP contribution in [-0.2, 0) is 13.6 Å². The highest BCUT2D eigenvalue weighted by Gasteiger charge is 2.15. The molecule has 0 bridgehead atoms. The lowest BCUT2D eigenvalue weighted by Crippen LogP contribution is -2.37. The Morgan fingerprint density at radius 2 is 1.59 bits per heavy atom. The Kier molecular flexibility index (Phi) is 6.33. The molecule has 0 spiro atoms. The average Bonchev–Trinajstić information content (AvgIpc) is 1.96. The van der Waals surface area contributed by atoms with Gasteiger partial charge in [-0.25, -0.2) is 0 Å². The zero-order valence-corrected chi connectivity index (χ0v) is 12.8. The third-order valence-corrected chi connectivity index (χ3v) is 3.11. The predicted octanol–water partition coefficient (Wildman–Crippen LogP) is 1.63. The third-order valence-electron chi connectivity index (χ3n) is 2.11. The van der Waals surface area contributed by atoms with E-state index >= 15 is 0 Å². The highest BCUT2D eigenvalue weighted by molar-refractivity contribution is 7.45. The van der Waals surface area contributed by atoms with Crippen LogP contribution < -0.4 is 4.89 Å². The first-order valence-electron chi connectivity index (χ1n) is 5.82. The van der Waals surface area contributed by atoms with E-state index in [4.69, 9.17) is 9.05 Å². The van der Waals surface area contributed by atoms with Gasteiger partial charge in [-0.15, -0.1) is 0 Å². The lowest BCUT2D eigenvalue weighted by atomic mass is 9.93. The maximum atomic E-state index is 11.4. The normalized spacial score (nSPS) is 16.9. The molecule has 0 aliphatic heterocycles. The molecular weight excluding hydrogens is 241 g/mol. The van der Waals surface area contributed by atoms with Crippen molar-refractivity contribution in [3.8, 4) is 0 Å². The fourth-order valence-electron chi connectivity index (χ4n) is 0.927. The predicted molar refractivity (Wildman–Crippen MR) is 66.5 cm³/mol. The first-order chi connectivity index (χ1) is 7.41. The van der Waals surface area contributed by atoms with Gasteiger partial charge in [-0.2, -0.15) is 0 Å². The molecule has 0 amide bonds. The van der Waals surface area contributed by atoms with Crippen LogP contribution in [-0.4, -0.2) is 45.4 Å². The summed E-state index contributed by atoms with van der Waals surface area (Å²) in [5.74, 6) is 0. The molecule has 6 heteroatoms. The van der Waals surface area contributed by atoms with Gasteiger partial charge in [0.2, 0.25) is 0 Å². The van der Waals surface area contributed by atoms with E-state index in [0.29, 0.717) is 17.4 Å². The second-order valence-corrected chi connectivity index (χ2v) is 7.85. The first-order valence-corrected chi connectivity index (χ1v) is 7.28. The number of likely N-dealkylation sites (N-methyl/N-ethyl adjacent to an activating group) is 1. The van der Waals surface area contributed by atoms with Gasteiger partial charge < -0.3 is 18.4 Å². The summed E-state index contributed by atoms with van der Waals surface area (Å²) >= 11 is 0.